The highest BCUT2D eigenvalue weighted by Crippen LogP contribution is 2.28. The number of guanidine groups is 1. The summed E-state index contributed by atoms with van der Waals surface area (Å²) in [5, 5.41) is 20.3. The van der Waals surface area contributed by atoms with Gasteiger partial charge >= 0.3 is 0 Å². The van der Waals surface area contributed by atoms with Crippen molar-refractivity contribution in [3.63, 3.8) is 0 Å². The maximum atomic E-state index is 9.91. The average Bonchev–Trinajstić information content (AvgIpc) is 3.23. The van der Waals surface area contributed by atoms with Crippen molar-refractivity contribution in [3.05, 3.63) is 18.0 Å². The van der Waals surface area contributed by atoms with Gasteiger partial charge in [-0.25, -0.2) is 4.99 Å². The van der Waals surface area contributed by atoms with Crippen molar-refractivity contribution in [1.82, 2.24) is 20.4 Å². The molecule has 7 nitrogen and oxygen atoms in total. The van der Waals surface area contributed by atoms with Crippen LogP contribution in [-0.4, -0.2) is 53.3 Å². The number of ether oxygens (including phenoxy) is 1. The Bertz CT molecular complexity index is 470. The number of nitrogens with one attached hydrogen (secondary N) is 2. The lowest BCUT2D eigenvalue weighted by molar-refractivity contribution is 0.0345. The number of aryl methyl sites for hydroxylation is 1. The van der Waals surface area contributed by atoms with Crippen molar-refractivity contribution in [1.29, 1.82) is 0 Å². The molecule has 1 aromatic heterocycles. The molecule has 124 valence electrons. The molecule has 1 aromatic rings. The van der Waals surface area contributed by atoms with Crippen molar-refractivity contribution >= 4 is 5.96 Å². The maximum Gasteiger partial charge on any atom is 0.191 e. The number of aromatic nitrogens is 2. The highest BCUT2D eigenvalue weighted by atomic mass is 16.5. The fourth-order valence-electron chi connectivity index (χ4n) is 1.99. The zero-order valence-electron chi connectivity index (χ0n) is 13.5. The van der Waals surface area contributed by atoms with E-state index < -0.39 is 6.10 Å². The molecular weight excluding hydrogens is 282 g/mol. The van der Waals surface area contributed by atoms with Gasteiger partial charge in [0, 0.05) is 32.9 Å². The number of hydrogen-bond donors (Lipinski definition) is 3. The molecule has 1 aliphatic carbocycles. The van der Waals surface area contributed by atoms with Crippen molar-refractivity contribution in [2.45, 2.75) is 32.4 Å². The largest absolute Gasteiger partial charge is 0.389 e. The number of nitrogens with zero attached hydrogens (tertiary/aromatic N) is 3. The number of rotatable bonds is 9. The molecule has 22 heavy (non-hydrogen) atoms. The minimum atomic E-state index is -0.528. The second kappa shape index (κ2) is 8.75. The Morgan fingerprint density at radius 3 is 3.00 bits per heavy atom. The summed E-state index contributed by atoms with van der Waals surface area (Å²) in [6, 6.07) is 1.94. The van der Waals surface area contributed by atoms with Gasteiger partial charge in [-0.15, -0.1) is 0 Å². The highest BCUT2D eigenvalue weighted by Gasteiger charge is 2.21. The van der Waals surface area contributed by atoms with Crippen LogP contribution < -0.4 is 10.6 Å². The van der Waals surface area contributed by atoms with Gasteiger partial charge in [0.15, 0.2) is 5.96 Å². The Labute approximate surface area is 131 Å². The Kier molecular flexibility index (Phi) is 6.67. The number of aliphatic hydroxyl groups excluding tert-OH is 1. The van der Waals surface area contributed by atoms with Gasteiger partial charge in [-0.2, -0.15) is 5.10 Å². The van der Waals surface area contributed by atoms with Crippen LogP contribution >= 0.6 is 0 Å². The Morgan fingerprint density at radius 2 is 2.36 bits per heavy atom. The van der Waals surface area contributed by atoms with Crippen LogP contribution in [0.2, 0.25) is 0 Å². The fourth-order valence-corrected chi connectivity index (χ4v) is 1.99. The van der Waals surface area contributed by atoms with Crippen LogP contribution in [0.3, 0.4) is 0 Å². The standard InChI is InChI=1S/C15H27N5O2/c1-3-16-15(17-8-13-6-7-19-20(13)2)18-9-14(21)11-22-10-12-4-5-12/h6-7,12,14,21H,3-5,8-11H2,1-2H3,(H2,16,17,18). The van der Waals surface area contributed by atoms with Crippen LogP contribution in [0.1, 0.15) is 25.5 Å². The minimum absolute atomic E-state index is 0.366. The topological polar surface area (TPSA) is 83.7 Å². The monoisotopic (exact) mass is 309 g/mol. The third-order valence-electron chi connectivity index (χ3n) is 3.53. The number of aliphatic imine (C=N–C) groups is 1. The van der Waals surface area contributed by atoms with E-state index in [9.17, 15) is 5.11 Å². The van der Waals surface area contributed by atoms with E-state index in [4.69, 9.17) is 4.74 Å². The maximum absolute atomic E-state index is 9.91. The molecule has 0 radical (unpaired) electrons. The lowest BCUT2D eigenvalue weighted by atomic mass is 10.3. The smallest absolute Gasteiger partial charge is 0.191 e. The zero-order valence-corrected chi connectivity index (χ0v) is 13.5. The summed E-state index contributed by atoms with van der Waals surface area (Å²) < 4.78 is 7.28. The van der Waals surface area contributed by atoms with Crippen molar-refractivity contribution < 1.29 is 9.84 Å². The van der Waals surface area contributed by atoms with Gasteiger partial charge in [0.1, 0.15) is 0 Å². The summed E-state index contributed by atoms with van der Waals surface area (Å²) >= 11 is 0. The van der Waals surface area contributed by atoms with E-state index in [0.29, 0.717) is 25.7 Å². The second-order valence-electron chi connectivity index (χ2n) is 5.66. The molecule has 0 bridgehead atoms. The number of aliphatic hydroxyl groups is 1. The first kappa shape index (κ1) is 16.8. The van der Waals surface area contributed by atoms with Crippen LogP contribution in [0, 0.1) is 5.92 Å². The van der Waals surface area contributed by atoms with E-state index in [0.717, 1.165) is 24.8 Å². The van der Waals surface area contributed by atoms with E-state index in [-0.39, 0.29) is 0 Å². The first-order valence-electron chi connectivity index (χ1n) is 7.94. The highest BCUT2D eigenvalue weighted by molar-refractivity contribution is 5.79. The lowest BCUT2D eigenvalue weighted by Crippen LogP contribution is -2.42. The van der Waals surface area contributed by atoms with Gasteiger partial charge in [0.25, 0.3) is 0 Å². The van der Waals surface area contributed by atoms with Crippen molar-refractivity contribution in [2.24, 2.45) is 18.0 Å². The van der Waals surface area contributed by atoms with E-state index in [1.54, 1.807) is 10.9 Å². The van der Waals surface area contributed by atoms with E-state index >= 15 is 0 Å². The third-order valence-corrected chi connectivity index (χ3v) is 3.53. The number of hydrogen-bond acceptors (Lipinski definition) is 4. The molecule has 1 aliphatic rings. The Balaban J connectivity index is 1.71. The first-order valence-corrected chi connectivity index (χ1v) is 7.94. The minimum Gasteiger partial charge on any atom is -0.389 e. The summed E-state index contributed by atoms with van der Waals surface area (Å²) in [6.45, 7) is 4.88. The second-order valence-corrected chi connectivity index (χ2v) is 5.66. The molecule has 1 unspecified atom stereocenters. The van der Waals surface area contributed by atoms with Crippen LogP contribution in [0.4, 0.5) is 0 Å². The lowest BCUT2D eigenvalue weighted by Gasteiger charge is -2.15. The molecule has 1 atom stereocenters. The van der Waals surface area contributed by atoms with Gasteiger partial charge in [0.2, 0.25) is 0 Å². The predicted octanol–water partition coefficient (Wildman–Crippen LogP) is 0.263. The van der Waals surface area contributed by atoms with E-state index in [1.807, 2.05) is 20.0 Å². The van der Waals surface area contributed by atoms with Gasteiger partial charge in [-0.1, -0.05) is 0 Å². The van der Waals surface area contributed by atoms with Crippen LogP contribution in [0.25, 0.3) is 0 Å². The Morgan fingerprint density at radius 1 is 1.55 bits per heavy atom. The normalized spacial score (nSPS) is 16.6. The molecule has 0 aliphatic heterocycles. The quantitative estimate of drug-likeness (QED) is 0.450. The molecule has 1 heterocycles. The molecule has 0 spiro atoms. The molecule has 1 saturated carbocycles. The van der Waals surface area contributed by atoms with Crippen molar-refractivity contribution in [3.8, 4) is 0 Å². The molecule has 3 N–H and O–H groups in total. The zero-order chi connectivity index (χ0) is 15.8. The summed E-state index contributed by atoms with van der Waals surface area (Å²) in [5.41, 5.74) is 1.03. The molecule has 0 aromatic carbocycles. The Hall–Kier alpha value is -1.60. The van der Waals surface area contributed by atoms with E-state index in [2.05, 4.69) is 20.7 Å². The molecule has 7 heteroatoms. The predicted molar refractivity (Wildman–Crippen MR) is 85.6 cm³/mol. The molecule has 2 rings (SSSR count). The average molecular weight is 309 g/mol. The van der Waals surface area contributed by atoms with Gasteiger partial charge in [-0.05, 0) is 31.7 Å². The summed E-state index contributed by atoms with van der Waals surface area (Å²) in [5.74, 6) is 1.41. The third kappa shape index (κ3) is 6.03. The fraction of sp³-hybridized carbons (Fsp3) is 0.733. The summed E-state index contributed by atoms with van der Waals surface area (Å²) in [6.07, 6.45) is 3.75. The SMILES string of the molecule is CCNC(=NCc1ccnn1C)NCC(O)COCC1CC1. The molecule has 0 amide bonds. The van der Waals surface area contributed by atoms with Gasteiger partial charge in [-0.3, -0.25) is 4.68 Å². The van der Waals surface area contributed by atoms with Crippen LogP contribution in [-0.2, 0) is 18.3 Å². The van der Waals surface area contributed by atoms with Crippen molar-refractivity contribution in [2.75, 3.05) is 26.3 Å². The summed E-state index contributed by atoms with van der Waals surface area (Å²) in [4.78, 5) is 4.49. The van der Waals surface area contributed by atoms with Crippen LogP contribution in [0.5, 0.6) is 0 Å². The molecular formula is C15H27N5O2. The van der Waals surface area contributed by atoms with E-state index in [1.165, 1.54) is 12.8 Å². The van der Waals surface area contributed by atoms with Gasteiger partial charge in [0.05, 0.1) is 24.9 Å². The van der Waals surface area contributed by atoms with Crippen LogP contribution in [0.15, 0.2) is 17.3 Å². The molecule has 1 fully saturated rings. The first-order chi connectivity index (χ1) is 10.7. The summed E-state index contributed by atoms with van der Waals surface area (Å²) in [7, 11) is 1.90. The molecule has 0 saturated heterocycles. The van der Waals surface area contributed by atoms with Gasteiger partial charge < -0.3 is 20.5 Å².